The number of para-hydroxylation sites is 2. The van der Waals surface area contributed by atoms with Crippen molar-refractivity contribution < 1.29 is 0 Å². The lowest BCUT2D eigenvalue weighted by molar-refractivity contribution is 0.661. The van der Waals surface area contributed by atoms with Gasteiger partial charge in [0.25, 0.3) is 0 Å². The lowest BCUT2D eigenvalue weighted by atomic mass is 9.81. The van der Waals surface area contributed by atoms with Gasteiger partial charge < -0.3 is 4.57 Å². The third-order valence-electron chi connectivity index (χ3n) is 12.8. The van der Waals surface area contributed by atoms with E-state index in [4.69, 9.17) is 9.97 Å². The van der Waals surface area contributed by atoms with Gasteiger partial charge in [0.1, 0.15) is 0 Å². The van der Waals surface area contributed by atoms with E-state index in [0.29, 0.717) is 0 Å². The lowest BCUT2D eigenvalue weighted by Gasteiger charge is -2.22. The van der Waals surface area contributed by atoms with Crippen LogP contribution < -0.4 is 0 Å². The molecule has 60 heavy (non-hydrogen) atoms. The fourth-order valence-corrected chi connectivity index (χ4v) is 9.82. The summed E-state index contributed by atoms with van der Waals surface area (Å²) in [7, 11) is 0. The van der Waals surface area contributed by atoms with Gasteiger partial charge in [0, 0.05) is 38.6 Å². The van der Waals surface area contributed by atoms with Crippen LogP contribution in [-0.4, -0.2) is 14.5 Å². The summed E-state index contributed by atoms with van der Waals surface area (Å²) >= 11 is 0. The highest BCUT2D eigenvalue weighted by atomic mass is 15.0. The molecule has 11 aromatic rings. The molecule has 3 heteroatoms. The van der Waals surface area contributed by atoms with Crippen LogP contribution in [0.2, 0.25) is 0 Å². The first-order valence-electron chi connectivity index (χ1n) is 20.7. The molecule has 0 atom stereocenters. The van der Waals surface area contributed by atoms with Crippen LogP contribution in [0.1, 0.15) is 25.0 Å². The summed E-state index contributed by atoms with van der Waals surface area (Å²) in [6.07, 6.45) is 0. The van der Waals surface area contributed by atoms with Crippen LogP contribution in [0.5, 0.6) is 0 Å². The number of fused-ring (bicyclic) bond motifs is 8. The van der Waals surface area contributed by atoms with Crippen molar-refractivity contribution in [2.24, 2.45) is 0 Å². The predicted octanol–water partition coefficient (Wildman–Crippen LogP) is 14.9. The van der Waals surface area contributed by atoms with Crippen molar-refractivity contribution in [1.82, 2.24) is 14.5 Å². The van der Waals surface area contributed by atoms with Crippen molar-refractivity contribution in [3.63, 3.8) is 0 Å². The normalized spacial score (nSPS) is 13.0. The number of rotatable bonds is 5. The Bertz CT molecular complexity index is 3500. The average Bonchev–Trinajstić information content (AvgIpc) is 3.76. The monoisotopic (exact) mass is 765 g/mol. The summed E-state index contributed by atoms with van der Waals surface area (Å²) in [5, 5.41) is 7.38. The summed E-state index contributed by atoms with van der Waals surface area (Å²) < 4.78 is 2.38. The highest BCUT2D eigenvalue weighted by molar-refractivity contribution is 6.16. The molecule has 0 unspecified atom stereocenters. The van der Waals surface area contributed by atoms with Gasteiger partial charge in [-0.1, -0.05) is 159 Å². The summed E-state index contributed by atoms with van der Waals surface area (Å²) in [6.45, 7) is 4.70. The molecule has 0 saturated carbocycles. The molecular formula is C57H39N3. The Balaban J connectivity index is 1.000. The minimum Gasteiger partial charge on any atom is -0.309 e. The number of hydrogen-bond acceptors (Lipinski definition) is 2. The van der Waals surface area contributed by atoms with E-state index in [0.717, 1.165) is 39.6 Å². The van der Waals surface area contributed by atoms with Gasteiger partial charge in [-0.25, -0.2) is 9.97 Å². The van der Waals surface area contributed by atoms with Crippen molar-refractivity contribution in [1.29, 1.82) is 0 Å². The predicted molar refractivity (Wildman–Crippen MR) is 251 cm³/mol. The first kappa shape index (κ1) is 34.4. The Morgan fingerprint density at radius 3 is 1.83 bits per heavy atom. The van der Waals surface area contributed by atoms with E-state index in [1.807, 2.05) is 6.07 Å². The summed E-state index contributed by atoms with van der Waals surface area (Å²) in [4.78, 5) is 10.6. The Morgan fingerprint density at radius 2 is 1.02 bits per heavy atom. The van der Waals surface area contributed by atoms with Crippen LogP contribution in [0.25, 0.3) is 105 Å². The maximum Gasteiger partial charge on any atom is 0.160 e. The van der Waals surface area contributed by atoms with Gasteiger partial charge in [0.15, 0.2) is 5.82 Å². The molecule has 12 rings (SSSR count). The van der Waals surface area contributed by atoms with Gasteiger partial charge in [-0.15, -0.1) is 0 Å². The van der Waals surface area contributed by atoms with Crippen molar-refractivity contribution in [2.45, 2.75) is 19.3 Å². The molecular weight excluding hydrogens is 727 g/mol. The molecule has 2 aromatic heterocycles. The van der Waals surface area contributed by atoms with Crippen LogP contribution in [0.3, 0.4) is 0 Å². The zero-order valence-corrected chi connectivity index (χ0v) is 33.4. The summed E-state index contributed by atoms with van der Waals surface area (Å²) in [6, 6.07) is 72.4. The Kier molecular flexibility index (Phi) is 7.58. The molecule has 0 bridgehead atoms. The number of benzene rings is 9. The second-order valence-corrected chi connectivity index (χ2v) is 16.6. The fourth-order valence-electron chi connectivity index (χ4n) is 9.82. The molecule has 0 spiro atoms. The quantitative estimate of drug-likeness (QED) is 0.175. The largest absolute Gasteiger partial charge is 0.309 e. The third-order valence-corrected chi connectivity index (χ3v) is 12.8. The highest BCUT2D eigenvalue weighted by Crippen LogP contribution is 2.53. The molecule has 282 valence electrons. The lowest BCUT2D eigenvalue weighted by Crippen LogP contribution is -2.14. The SMILES string of the molecule is CC1(C)c2cc3ccccc3cc2-c2c(-c3cc(-c4ccc5cc(-c6cccc7c6c6ccccc6n7-c6ccccc6)ccc5c4)nc(-c4ccccc4)n3)cccc21. The van der Waals surface area contributed by atoms with E-state index < -0.39 is 0 Å². The van der Waals surface area contributed by atoms with Gasteiger partial charge >= 0.3 is 0 Å². The van der Waals surface area contributed by atoms with Crippen LogP contribution in [-0.2, 0) is 5.41 Å². The zero-order chi connectivity index (χ0) is 40.0. The van der Waals surface area contributed by atoms with E-state index in [9.17, 15) is 0 Å². The molecule has 9 aromatic carbocycles. The van der Waals surface area contributed by atoms with Gasteiger partial charge in [0.2, 0.25) is 0 Å². The molecule has 2 heterocycles. The first-order chi connectivity index (χ1) is 29.5. The first-order valence-corrected chi connectivity index (χ1v) is 20.7. The second kappa shape index (κ2) is 13.2. The van der Waals surface area contributed by atoms with Gasteiger partial charge in [0.05, 0.1) is 22.4 Å². The molecule has 0 radical (unpaired) electrons. The molecule has 1 aliphatic rings. The van der Waals surface area contributed by atoms with Gasteiger partial charge in [-0.3, -0.25) is 0 Å². The third kappa shape index (κ3) is 5.29. The smallest absolute Gasteiger partial charge is 0.160 e. The molecule has 0 aliphatic heterocycles. The van der Waals surface area contributed by atoms with E-state index in [1.165, 1.54) is 76.7 Å². The van der Waals surface area contributed by atoms with Crippen LogP contribution >= 0.6 is 0 Å². The topological polar surface area (TPSA) is 30.7 Å². The fraction of sp³-hybridized carbons (Fsp3) is 0.0526. The van der Waals surface area contributed by atoms with E-state index in [-0.39, 0.29) is 5.41 Å². The molecule has 0 fully saturated rings. The number of nitrogens with zero attached hydrogens (tertiary/aromatic N) is 3. The zero-order valence-electron chi connectivity index (χ0n) is 33.4. The molecule has 0 saturated heterocycles. The van der Waals surface area contributed by atoms with Crippen LogP contribution in [0.15, 0.2) is 200 Å². The van der Waals surface area contributed by atoms with Gasteiger partial charge in [-0.05, 0) is 110 Å². The van der Waals surface area contributed by atoms with E-state index in [1.54, 1.807) is 0 Å². The van der Waals surface area contributed by atoms with Crippen molar-refractivity contribution in [2.75, 3.05) is 0 Å². The highest BCUT2D eigenvalue weighted by Gasteiger charge is 2.37. The minimum absolute atomic E-state index is 0.148. The Hall–Kier alpha value is -7.62. The van der Waals surface area contributed by atoms with Crippen molar-refractivity contribution in [3.8, 4) is 61.8 Å². The minimum atomic E-state index is -0.148. The van der Waals surface area contributed by atoms with E-state index in [2.05, 4.69) is 213 Å². The molecule has 0 N–H and O–H groups in total. The van der Waals surface area contributed by atoms with Crippen LogP contribution in [0.4, 0.5) is 0 Å². The Labute approximate surface area is 348 Å². The van der Waals surface area contributed by atoms with Gasteiger partial charge in [-0.2, -0.15) is 0 Å². The average molecular weight is 766 g/mol. The molecule has 1 aliphatic carbocycles. The summed E-state index contributed by atoms with van der Waals surface area (Å²) in [5.41, 5.74) is 16.1. The molecule has 3 nitrogen and oxygen atoms in total. The number of aromatic nitrogens is 3. The van der Waals surface area contributed by atoms with Crippen LogP contribution in [0, 0.1) is 0 Å². The molecule has 0 amide bonds. The second-order valence-electron chi connectivity index (χ2n) is 16.6. The number of hydrogen-bond donors (Lipinski definition) is 0. The maximum absolute atomic E-state index is 5.32. The standard InChI is InChI=1S/C57H39N3/c1-57(2)48-24-13-23-45(54(48)47-33-37-17-9-10-18-38(37)34-49(47)57)51-35-50(58-56(59-51)36-15-5-3-6-16-36)42-30-28-39-31-41(29-27-40(39)32-42)44-22-14-26-53-55(44)46-21-11-12-25-52(46)60(53)43-19-7-4-8-20-43/h3-35H,1-2H3. The van der Waals surface area contributed by atoms with Crippen molar-refractivity contribution in [3.05, 3.63) is 211 Å². The maximum atomic E-state index is 5.32. The van der Waals surface area contributed by atoms with E-state index >= 15 is 0 Å². The van der Waals surface area contributed by atoms with Crippen molar-refractivity contribution >= 4 is 43.4 Å². The Morgan fingerprint density at radius 1 is 0.400 bits per heavy atom. The summed E-state index contributed by atoms with van der Waals surface area (Å²) in [5.74, 6) is 0.718.